The van der Waals surface area contributed by atoms with Crippen LogP contribution in [0.1, 0.15) is 10.4 Å². The summed E-state index contributed by atoms with van der Waals surface area (Å²) < 4.78 is 29.9. The largest absolute Gasteiger partial charge is 0.379 e. The molecule has 174 valence electrons. The second kappa shape index (κ2) is 9.51. The van der Waals surface area contributed by atoms with Crippen molar-refractivity contribution in [2.45, 2.75) is 4.90 Å². The Labute approximate surface area is 194 Å². The molecule has 2 heterocycles. The number of nitro benzene ring substituents is 1. The van der Waals surface area contributed by atoms with E-state index in [2.05, 4.69) is 9.88 Å². The molecule has 1 aliphatic rings. The van der Waals surface area contributed by atoms with Gasteiger partial charge in [-0.3, -0.25) is 24.7 Å². The Balaban J connectivity index is 1.69. The molecule has 0 bridgehead atoms. The molecule has 0 saturated carbocycles. The van der Waals surface area contributed by atoms with Crippen LogP contribution in [-0.4, -0.2) is 74.8 Å². The number of rotatable bonds is 7. The summed E-state index contributed by atoms with van der Waals surface area (Å²) in [5, 5.41) is 11.6. The molecule has 0 N–H and O–H groups in total. The van der Waals surface area contributed by atoms with Crippen LogP contribution < -0.4 is 4.90 Å². The lowest BCUT2D eigenvalue weighted by molar-refractivity contribution is -0.384. The van der Waals surface area contributed by atoms with Gasteiger partial charge in [-0.15, -0.1) is 0 Å². The standard InChI is InChI=1S/C21H22N4O6S2/c1-33(29,30)17-5-6-18-19(14-17)32-21(22-18)24(8-7-23-9-11-31-12-10-23)20(26)15-3-2-4-16(13-15)25(27)28/h2-6,13-14H,7-12H2,1H3. The molecule has 0 spiro atoms. The number of aromatic nitrogens is 1. The first-order valence-corrected chi connectivity index (χ1v) is 12.9. The first kappa shape index (κ1) is 23.2. The molecule has 1 aromatic heterocycles. The summed E-state index contributed by atoms with van der Waals surface area (Å²) in [5.74, 6) is -0.408. The number of non-ortho nitro benzene ring substituents is 1. The van der Waals surface area contributed by atoms with Crippen LogP contribution in [0.4, 0.5) is 10.8 Å². The molecule has 3 aromatic rings. The average molecular weight is 491 g/mol. The van der Waals surface area contributed by atoms with Gasteiger partial charge in [0.25, 0.3) is 11.6 Å². The normalized spacial score (nSPS) is 14.9. The minimum atomic E-state index is -3.39. The van der Waals surface area contributed by atoms with Gasteiger partial charge in [0.05, 0.1) is 33.2 Å². The number of ether oxygens (including phenoxy) is 1. The molecule has 12 heteroatoms. The number of fused-ring (bicyclic) bond motifs is 1. The van der Waals surface area contributed by atoms with E-state index in [1.54, 1.807) is 12.1 Å². The second-order valence-corrected chi connectivity index (χ2v) is 10.6. The summed E-state index contributed by atoms with van der Waals surface area (Å²) in [6.07, 6.45) is 1.14. The van der Waals surface area contributed by atoms with Crippen molar-refractivity contribution >= 4 is 48.1 Å². The molecule has 33 heavy (non-hydrogen) atoms. The van der Waals surface area contributed by atoms with Gasteiger partial charge in [0, 0.05) is 50.1 Å². The number of amides is 1. The summed E-state index contributed by atoms with van der Waals surface area (Å²) in [7, 11) is -3.39. The minimum Gasteiger partial charge on any atom is -0.379 e. The number of nitro groups is 1. The molecule has 1 saturated heterocycles. The van der Waals surface area contributed by atoms with Crippen molar-refractivity contribution in [3.05, 3.63) is 58.1 Å². The Morgan fingerprint density at radius 3 is 2.70 bits per heavy atom. The summed E-state index contributed by atoms with van der Waals surface area (Å²) in [6, 6.07) is 10.2. The lowest BCUT2D eigenvalue weighted by atomic mass is 10.2. The third-order valence-corrected chi connectivity index (χ3v) is 7.45. The van der Waals surface area contributed by atoms with E-state index in [0.29, 0.717) is 41.7 Å². The first-order chi connectivity index (χ1) is 15.7. The van der Waals surface area contributed by atoms with E-state index in [9.17, 15) is 23.3 Å². The Bertz CT molecular complexity index is 1300. The topological polar surface area (TPSA) is 123 Å². The predicted molar refractivity (Wildman–Crippen MR) is 125 cm³/mol. The zero-order valence-electron chi connectivity index (χ0n) is 17.8. The fourth-order valence-corrected chi connectivity index (χ4v) is 5.25. The molecular formula is C21H22N4O6S2. The number of nitrogens with zero attached hydrogens (tertiary/aromatic N) is 4. The van der Waals surface area contributed by atoms with Crippen LogP contribution in [0.5, 0.6) is 0 Å². The van der Waals surface area contributed by atoms with Crippen LogP contribution in [0.15, 0.2) is 47.4 Å². The molecule has 1 aliphatic heterocycles. The zero-order valence-corrected chi connectivity index (χ0v) is 19.5. The molecule has 1 fully saturated rings. The predicted octanol–water partition coefficient (Wildman–Crippen LogP) is 2.59. The minimum absolute atomic E-state index is 0.170. The van der Waals surface area contributed by atoms with Crippen molar-refractivity contribution in [1.29, 1.82) is 0 Å². The van der Waals surface area contributed by atoms with Crippen LogP contribution in [0.3, 0.4) is 0 Å². The van der Waals surface area contributed by atoms with E-state index >= 15 is 0 Å². The fraction of sp³-hybridized carbons (Fsp3) is 0.333. The smallest absolute Gasteiger partial charge is 0.270 e. The van der Waals surface area contributed by atoms with Gasteiger partial charge < -0.3 is 4.74 Å². The maximum absolute atomic E-state index is 13.4. The van der Waals surface area contributed by atoms with Gasteiger partial charge in [0.1, 0.15) is 0 Å². The van der Waals surface area contributed by atoms with Crippen molar-refractivity contribution in [1.82, 2.24) is 9.88 Å². The monoisotopic (exact) mass is 490 g/mol. The maximum Gasteiger partial charge on any atom is 0.270 e. The Morgan fingerprint density at radius 1 is 1.24 bits per heavy atom. The van der Waals surface area contributed by atoms with E-state index < -0.39 is 20.7 Å². The van der Waals surface area contributed by atoms with E-state index in [0.717, 1.165) is 19.3 Å². The van der Waals surface area contributed by atoms with Crippen molar-refractivity contribution in [3.63, 3.8) is 0 Å². The number of hydrogen-bond acceptors (Lipinski definition) is 9. The number of thiazole rings is 1. The molecule has 4 rings (SSSR count). The van der Waals surface area contributed by atoms with E-state index in [1.807, 2.05) is 0 Å². The molecule has 0 unspecified atom stereocenters. The fourth-order valence-electron chi connectivity index (χ4n) is 3.50. The van der Waals surface area contributed by atoms with E-state index in [1.165, 1.54) is 46.6 Å². The molecule has 0 atom stereocenters. The van der Waals surface area contributed by atoms with Gasteiger partial charge in [-0.25, -0.2) is 13.4 Å². The lowest BCUT2D eigenvalue weighted by Gasteiger charge is -2.29. The maximum atomic E-state index is 13.4. The lowest BCUT2D eigenvalue weighted by Crippen LogP contribution is -2.43. The molecule has 2 aromatic carbocycles. The number of benzene rings is 2. The van der Waals surface area contributed by atoms with Gasteiger partial charge in [-0.05, 0) is 24.3 Å². The van der Waals surface area contributed by atoms with Gasteiger partial charge in [-0.2, -0.15) is 0 Å². The molecule has 0 aliphatic carbocycles. The number of carbonyl (C=O) groups excluding carboxylic acids is 1. The van der Waals surface area contributed by atoms with Crippen LogP contribution in [0.2, 0.25) is 0 Å². The van der Waals surface area contributed by atoms with Crippen LogP contribution in [-0.2, 0) is 14.6 Å². The van der Waals surface area contributed by atoms with Crippen LogP contribution >= 0.6 is 11.3 Å². The van der Waals surface area contributed by atoms with Crippen LogP contribution in [0.25, 0.3) is 10.2 Å². The third kappa shape index (κ3) is 5.36. The zero-order chi connectivity index (χ0) is 23.6. The number of anilines is 1. The highest BCUT2D eigenvalue weighted by Crippen LogP contribution is 2.31. The summed E-state index contributed by atoms with van der Waals surface area (Å²) in [5.41, 5.74) is 0.587. The number of hydrogen-bond donors (Lipinski definition) is 0. The van der Waals surface area contributed by atoms with E-state index in [4.69, 9.17) is 4.74 Å². The Kier molecular flexibility index (Phi) is 6.70. The highest BCUT2D eigenvalue weighted by molar-refractivity contribution is 7.90. The van der Waals surface area contributed by atoms with Crippen molar-refractivity contribution in [2.75, 3.05) is 50.5 Å². The van der Waals surface area contributed by atoms with Gasteiger partial charge >= 0.3 is 0 Å². The number of morpholine rings is 1. The quantitative estimate of drug-likeness (QED) is 0.366. The molecule has 10 nitrogen and oxygen atoms in total. The van der Waals surface area contributed by atoms with Crippen molar-refractivity contribution in [2.24, 2.45) is 0 Å². The highest BCUT2D eigenvalue weighted by atomic mass is 32.2. The molecular weight excluding hydrogens is 468 g/mol. The van der Waals surface area contributed by atoms with Gasteiger partial charge in [0.15, 0.2) is 15.0 Å². The SMILES string of the molecule is CS(=O)(=O)c1ccc2nc(N(CCN3CCOCC3)C(=O)c3cccc([N+](=O)[O-])c3)sc2c1. The van der Waals surface area contributed by atoms with Crippen molar-refractivity contribution in [3.8, 4) is 0 Å². The van der Waals surface area contributed by atoms with Crippen molar-refractivity contribution < 1.29 is 22.9 Å². The average Bonchev–Trinajstić information content (AvgIpc) is 3.22. The number of carbonyl (C=O) groups is 1. The summed E-state index contributed by atoms with van der Waals surface area (Å²) >= 11 is 1.21. The number of sulfone groups is 1. The highest BCUT2D eigenvalue weighted by Gasteiger charge is 2.24. The Morgan fingerprint density at radius 2 is 2.00 bits per heavy atom. The molecule has 0 radical (unpaired) electrons. The van der Waals surface area contributed by atoms with Gasteiger partial charge in [0.2, 0.25) is 0 Å². The summed E-state index contributed by atoms with van der Waals surface area (Å²) in [4.78, 5) is 32.5. The first-order valence-electron chi connectivity index (χ1n) is 10.2. The Hall–Kier alpha value is -2.93. The van der Waals surface area contributed by atoms with Crippen LogP contribution in [0, 0.1) is 10.1 Å². The molecule has 1 amide bonds. The summed E-state index contributed by atoms with van der Waals surface area (Å²) in [6.45, 7) is 3.63. The van der Waals surface area contributed by atoms with Gasteiger partial charge in [-0.1, -0.05) is 17.4 Å². The van der Waals surface area contributed by atoms with E-state index in [-0.39, 0.29) is 16.1 Å². The third-order valence-electron chi connectivity index (χ3n) is 5.30. The second-order valence-electron chi connectivity index (χ2n) is 7.62.